The SMILES string of the molecule is COc1cc2c(c3c1c(=O)c1cc4ccccc4cc1n3C)[C@H](O)[C@@H](O)C(C)(C)O2. The van der Waals surface area contributed by atoms with Crippen molar-refractivity contribution in [3.8, 4) is 11.5 Å². The molecule has 0 aliphatic carbocycles. The van der Waals surface area contributed by atoms with Crippen molar-refractivity contribution in [2.24, 2.45) is 7.05 Å². The number of aromatic nitrogens is 1. The van der Waals surface area contributed by atoms with Crippen LogP contribution in [0.4, 0.5) is 0 Å². The minimum atomic E-state index is -1.21. The van der Waals surface area contributed by atoms with Gasteiger partial charge in [-0.2, -0.15) is 0 Å². The van der Waals surface area contributed by atoms with E-state index in [9.17, 15) is 15.0 Å². The molecule has 1 aliphatic heterocycles. The molecule has 0 spiro atoms. The number of hydrogen-bond acceptors (Lipinski definition) is 5. The molecule has 0 amide bonds. The smallest absolute Gasteiger partial charge is 0.201 e. The van der Waals surface area contributed by atoms with Gasteiger partial charge in [-0.15, -0.1) is 0 Å². The second-order valence-corrected chi connectivity index (χ2v) is 8.41. The number of nitrogens with zero attached hydrogens (tertiary/aromatic N) is 1. The first-order valence-electron chi connectivity index (χ1n) is 9.86. The average molecular weight is 405 g/mol. The second kappa shape index (κ2) is 6.20. The number of methoxy groups -OCH3 is 1. The minimum Gasteiger partial charge on any atom is -0.496 e. The van der Waals surface area contributed by atoms with Crippen LogP contribution in [-0.4, -0.2) is 33.6 Å². The van der Waals surface area contributed by atoms with Crippen LogP contribution in [0.2, 0.25) is 0 Å². The third-order valence-electron chi connectivity index (χ3n) is 6.20. The van der Waals surface area contributed by atoms with Gasteiger partial charge in [0.15, 0.2) is 0 Å². The van der Waals surface area contributed by atoms with Crippen LogP contribution in [0.5, 0.6) is 11.5 Å². The van der Waals surface area contributed by atoms with Gasteiger partial charge in [0, 0.05) is 18.5 Å². The molecule has 1 aromatic heterocycles. The lowest BCUT2D eigenvalue weighted by Crippen LogP contribution is -2.49. The van der Waals surface area contributed by atoms with Crippen molar-refractivity contribution in [1.29, 1.82) is 0 Å². The van der Waals surface area contributed by atoms with Crippen molar-refractivity contribution in [3.63, 3.8) is 0 Å². The van der Waals surface area contributed by atoms with Gasteiger partial charge in [-0.3, -0.25) is 4.79 Å². The van der Waals surface area contributed by atoms with Gasteiger partial charge in [0.05, 0.1) is 29.1 Å². The van der Waals surface area contributed by atoms with E-state index in [2.05, 4.69) is 0 Å². The van der Waals surface area contributed by atoms with Gasteiger partial charge >= 0.3 is 0 Å². The Morgan fingerprint density at radius 1 is 1.10 bits per heavy atom. The highest BCUT2D eigenvalue weighted by Crippen LogP contribution is 2.46. The van der Waals surface area contributed by atoms with E-state index in [-0.39, 0.29) is 5.43 Å². The molecule has 0 bridgehead atoms. The Hall–Kier alpha value is -3.09. The van der Waals surface area contributed by atoms with E-state index in [0.29, 0.717) is 33.4 Å². The molecule has 6 heteroatoms. The van der Waals surface area contributed by atoms with E-state index in [1.807, 2.05) is 48.0 Å². The van der Waals surface area contributed by atoms with Gasteiger partial charge in [0.1, 0.15) is 29.3 Å². The number of hydrogen-bond donors (Lipinski definition) is 2. The molecule has 2 atom stereocenters. The summed E-state index contributed by atoms with van der Waals surface area (Å²) in [7, 11) is 3.35. The Morgan fingerprint density at radius 3 is 2.43 bits per heavy atom. The van der Waals surface area contributed by atoms with E-state index in [1.165, 1.54) is 7.11 Å². The maximum atomic E-state index is 13.6. The van der Waals surface area contributed by atoms with Crippen LogP contribution in [0.1, 0.15) is 25.5 Å². The lowest BCUT2D eigenvalue weighted by molar-refractivity contribution is -0.111. The van der Waals surface area contributed by atoms with Crippen LogP contribution in [0.25, 0.3) is 32.6 Å². The van der Waals surface area contributed by atoms with Crippen LogP contribution in [0.3, 0.4) is 0 Å². The zero-order valence-electron chi connectivity index (χ0n) is 17.3. The number of pyridine rings is 1. The summed E-state index contributed by atoms with van der Waals surface area (Å²) < 4.78 is 13.5. The molecule has 30 heavy (non-hydrogen) atoms. The normalized spacial score (nSPS) is 20.3. The van der Waals surface area contributed by atoms with E-state index in [4.69, 9.17) is 9.47 Å². The Balaban J connectivity index is 2.01. The van der Waals surface area contributed by atoms with Crippen molar-refractivity contribution in [2.75, 3.05) is 7.11 Å². The topological polar surface area (TPSA) is 80.9 Å². The molecule has 0 saturated heterocycles. The van der Waals surface area contributed by atoms with Crippen molar-refractivity contribution < 1.29 is 19.7 Å². The van der Waals surface area contributed by atoms with Crippen LogP contribution < -0.4 is 14.9 Å². The summed E-state index contributed by atoms with van der Waals surface area (Å²) in [5.41, 5.74) is 0.450. The van der Waals surface area contributed by atoms with E-state index in [1.54, 1.807) is 19.9 Å². The molecule has 0 unspecified atom stereocenters. The highest BCUT2D eigenvalue weighted by Gasteiger charge is 2.44. The summed E-state index contributed by atoms with van der Waals surface area (Å²) in [5.74, 6) is 0.774. The summed E-state index contributed by atoms with van der Waals surface area (Å²) in [5, 5.41) is 24.6. The zero-order valence-corrected chi connectivity index (χ0v) is 17.3. The highest BCUT2D eigenvalue weighted by atomic mass is 16.5. The first-order valence-corrected chi connectivity index (χ1v) is 9.86. The summed E-state index contributed by atoms with van der Waals surface area (Å²) >= 11 is 0. The fourth-order valence-electron chi connectivity index (χ4n) is 4.56. The fourth-order valence-corrected chi connectivity index (χ4v) is 4.56. The summed E-state index contributed by atoms with van der Waals surface area (Å²) in [6.07, 6.45) is -2.36. The molecular weight excluding hydrogens is 382 g/mol. The monoisotopic (exact) mass is 405 g/mol. The van der Waals surface area contributed by atoms with Crippen molar-refractivity contribution in [3.05, 3.63) is 58.3 Å². The fraction of sp³-hybridized carbons (Fsp3) is 0.292. The van der Waals surface area contributed by atoms with Crippen LogP contribution in [0.15, 0.2) is 47.3 Å². The highest BCUT2D eigenvalue weighted by molar-refractivity contribution is 6.04. The third kappa shape index (κ3) is 2.41. The Bertz CT molecular complexity index is 1400. The molecule has 0 radical (unpaired) electrons. The minimum absolute atomic E-state index is 0.185. The van der Waals surface area contributed by atoms with Gasteiger partial charge in [-0.05, 0) is 36.8 Å². The maximum absolute atomic E-state index is 13.6. The van der Waals surface area contributed by atoms with Crippen LogP contribution in [-0.2, 0) is 7.05 Å². The molecule has 5 rings (SSSR count). The first-order chi connectivity index (χ1) is 14.2. The number of aliphatic hydroxyl groups is 2. The molecule has 1 aliphatic rings. The average Bonchev–Trinajstić information content (AvgIpc) is 2.73. The predicted molar refractivity (Wildman–Crippen MR) is 116 cm³/mol. The number of rotatable bonds is 1. The van der Waals surface area contributed by atoms with Gasteiger partial charge in [-0.25, -0.2) is 0 Å². The molecular formula is C24H23NO5. The molecule has 0 fully saturated rings. The molecule has 3 aromatic carbocycles. The Kier molecular flexibility index (Phi) is 3.91. The quantitative estimate of drug-likeness (QED) is 0.475. The summed E-state index contributed by atoms with van der Waals surface area (Å²) in [4.78, 5) is 13.6. The number of fused-ring (bicyclic) bond motifs is 5. The van der Waals surface area contributed by atoms with Crippen molar-refractivity contribution in [1.82, 2.24) is 4.57 Å². The van der Waals surface area contributed by atoms with E-state index in [0.717, 1.165) is 16.3 Å². The standard InChI is InChI=1S/C24H23NO5/c1-24(2)23(28)22(27)19-17(30-24)11-16(29-4)18-20(19)25(3)15-10-13-8-6-5-7-12(13)9-14(15)21(18)26/h5-11,22-23,27-28H,1-4H3/t22-,23+/m0/s1. The largest absolute Gasteiger partial charge is 0.496 e. The van der Waals surface area contributed by atoms with Crippen LogP contribution in [0, 0.1) is 0 Å². The molecule has 2 heterocycles. The number of aliphatic hydroxyl groups excluding tert-OH is 2. The Labute approximate surface area is 172 Å². The predicted octanol–water partition coefficient (Wildman–Crippen LogP) is 3.42. The molecule has 154 valence electrons. The zero-order chi connectivity index (χ0) is 21.4. The number of aryl methyl sites for hydroxylation is 1. The number of ether oxygens (including phenoxy) is 2. The second-order valence-electron chi connectivity index (χ2n) is 8.41. The van der Waals surface area contributed by atoms with Crippen LogP contribution >= 0.6 is 0 Å². The van der Waals surface area contributed by atoms with E-state index >= 15 is 0 Å². The first kappa shape index (κ1) is 18.9. The molecule has 6 nitrogen and oxygen atoms in total. The van der Waals surface area contributed by atoms with Gasteiger partial charge in [0.25, 0.3) is 0 Å². The van der Waals surface area contributed by atoms with Gasteiger partial charge in [0.2, 0.25) is 5.43 Å². The third-order valence-corrected chi connectivity index (χ3v) is 6.20. The van der Waals surface area contributed by atoms with E-state index < -0.39 is 17.8 Å². The van der Waals surface area contributed by atoms with Gasteiger partial charge in [-0.1, -0.05) is 24.3 Å². The van der Waals surface area contributed by atoms with Crippen molar-refractivity contribution in [2.45, 2.75) is 31.7 Å². The molecule has 0 saturated carbocycles. The Morgan fingerprint density at radius 2 is 1.77 bits per heavy atom. The lowest BCUT2D eigenvalue weighted by atomic mass is 9.86. The van der Waals surface area contributed by atoms with Gasteiger partial charge < -0.3 is 24.3 Å². The summed E-state index contributed by atoms with van der Waals surface area (Å²) in [6.45, 7) is 3.43. The molecule has 4 aromatic rings. The summed E-state index contributed by atoms with van der Waals surface area (Å²) in [6, 6.07) is 13.3. The molecule has 2 N–H and O–H groups in total. The van der Waals surface area contributed by atoms with Crippen molar-refractivity contribution >= 4 is 32.6 Å². The number of benzene rings is 3. The maximum Gasteiger partial charge on any atom is 0.201 e. The lowest BCUT2D eigenvalue weighted by Gasteiger charge is -2.40.